The first-order valence-electron chi connectivity index (χ1n) is 12.4. The average Bonchev–Trinajstić information content (AvgIpc) is 3.20. The van der Waals surface area contributed by atoms with E-state index in [4.69, 9.17) is 0 Å². The fraction of sp³-hybridized carbons (Fsp3) is 0.333. The number of hydrogen-bond acceptors (Lipinski definition) is 5. The van der Waals surface area contributed by atoms with Gasteiger partial charge in [-0.2, -0.15) is 26.3 Å². The van der Waals surface area contributed by atoms with Crippen molar-refractivity contribution >= 4 is 23.0 Å². The maximum atomic E-state index is 13.5. The minimum absolute atomic E-state index is 0.0252. The Morgan fingerprint density at radius 1 is 1.00 bits per heavy atom. The maximum absolute atomic E-state index is 13.5. The van der Waals surface area contributed by atoms with E-state index in [0.717, 1.165) is 43.5 Å². The largest absolute Gasteiger partial charge is 0.475 e. The van der Waals surface area contributed by atoms with Crippen molar-refractivity contribution in [2.45, 2.75) is 51.1 Å². The normalized spacial score (nSPS) is 15.2. The number of anilines is 1. The Morgan fingerprint density at radius 2 is 1.68 bits per heavy atom. The Hall–Kier alpha value is -4.16. The summed E-state index contributed by atoms with van der Waals surface area (Å²) in [4.78, 5) is 24.4. The predicted octanol–water partition coefficient (Wildman–Crippen LogP) is 6.88. The molecule has 5 rings (SSSR count). The zero-order valence-electron chi connectivity index (χ0n) is 21.0. The SMILES string of the molecule is C[C@@H](Nc1nc(C(=O)O)nc2nc(-c3cccc(C(F)(F)F)c3)n(Cc3ccc(C(F)(F)F)cc3)c12)C1CCC1. The van der Waals surface area contributed by atoms with Crippen LogP contribution in [-0.4, -0.2) is 36.6 Å². The third kappa shape index (κ3) is 5.45. The second-order valence-electron chi connectivity index (χ2n) is 9.79. The van der Waals surface area contributed by atoms with Crippen molar-refractivity contribution in [1.29, 1.82) is 0 Å². The van der Waals surface area contributed by atoms with Crippen LogP contribution in [0.2, 0.25) is 0 Å². The van der Waals surface area contributed by atoms with Crippen LogP contribution in [0.15, 0.2) is 48.5 Å². The molecule has 40 heavy (non-hydrogen) atoms. The number of carbonyl (C=O) groups is 1. The maximum Gasteiger partial charge on any atom is 0.416 e. The number of carboxylic acid groups (broad SMARTS) is 1. The molecule has 1 atom stereocenters. The average molecular weight is 564 g/mol. The van der Waals surface area contributed by atoms with E-state index < -0.39 is 35.3 Å². The van der Waals surface area contributed by atoms with E-state index in [1.165, 1.54) is 28.8 Å². The van der Waals surface area contributed by atoms with E-state index in [2.05, 4.69) is 20.3 Å². The highest BCUT2D eigenvalue weighted by molar-refractivity contribution is 5.92. The van der Waals surface area contributed by atoms with Gasteiger partial charge in [-0.25, -0.2) is 19.7 Å². The number of nitrogens with zero attached hydrogens (tertiary/aromatic N) is 4. The first kappa shape index (κ1) is 27.4. The van der Waals surface area contributed by atoms with Crippen molar-refractivity contribution in [1.82, 2.24) is 19.5 Å². The third-order valence-corrected chi connectivity index (χ3v) is 7.09. The van der Waals surface area contributed by atoms with Crippen LogP contribution in [0.25, 0.3) is 22.6 Å². The molecule has 1 aliphatic rings. The van der Waals surface area contributed by atoms with Gasteiger partial charge in [-0.05, 0) is 55.5 Å². The summed E-state index contributed by atoms with van der Waals surface area (Å²) in [5, 5.41) is 12.8. The number of alkyl halides is 6. The number of rotatable bonds is 7. The summed E-state index contributed by atoms with van der Waals surface area (Å²) in [5.74, 6) is -1.51. The topological polar surface area (TPSA) is 92.9 Å². The number of hydrogen-bond donors (Lipinski definition) is 2. The van der Waals surface area contributed by atoms with Crippen LogP contribution in [0.4, 0.5) is 32.2 Å². The molecule has 1 fully saturated rings. The molecule has 2 heterocycles. The first-order valence-corrected chi connectivity index (χ1v) is 12.4. The third-order valence-electron chi connectivity index (χ3n) is 7.09. The lowest BCUT2D eigenvalue weighted by atomic mass is 9.80. The Labute approximate surface area is 223 Å². The van der Waals surface area contributed by atoms with Gasteiger partial charge in [-0.15, -0.1) is 0 Å². The Balaban J connectivity index is 1.70. The minimum Gasteiger partial charge on any atom is -0.475 e. The van der Waals surface area contributed by atoms with Crippen molar-refractivity contribution in [3.63, 3.8) is 0 Å². The molecule has 0 bridgehead atoms. The monoisotopic (exact) mass is 563 g/mol. The molecule has 210 valence electrons. The smallest absolute Gasteiger partial charge is 0.416 e. The highest BCUT2D eigenvalue weighted by Crippen LogP contribution is 2.36. The molecule has 0 aliphatic heterocycles. The van der Waals surface area contributed by atoms with E-state index >= 15 is 0 Å². The van der Waals surface area contributed by atoms with Gasteiger partial charge in [0.15, 0.2) is 11.5 Å². The van der Waals surface area contributed by atoms with Crippen LogP contribution < -0.4 is 5.32 Å². The van der Waals surface area contributed by atoms with Crippen LogP contribution in [-0.2, 0) is 18.9 Å². The zero-order chi connectivity index (χ0) is 28.8. The summed E-state index contributed by atoms with van der Waals surface area (Å²) in [5.41, 5.74) is -1.16. The van der Waals surface area contributed by atoms with Crippen molar-refractivity contribution in [3.05, 3.63) is 71.0 Å². The number of carboxylic acids is 1. The Kier molecular flexibility index (Phi) is 6.92. The van der Waals surface area contributed by atoms with Gasteiger partial charge in [0.1, 0.15) is 11.3 Å². The molecule has 0 radical (unpaired) electrons. The Bertz CT molecular complexity index is 1560. The van der Waals surface area contributed by atoms with E-state index in [0.29, 0.717) is 11.5 Å². The summed E-state index contributed by atoms with van der Waals surface area (Å²) in [6, 6.07) is 8.68. The van der Waals surface area contributed by atoms with Crippen LogP contribution in [0.5, 0.6) is 0 Å². The van der Waals surface area contributed by atoms with E-state index in [-0.39, 0.29) is 41.0 Å². The quantitative estimate of drug-likeness (QED) is 0.238. The van der Waals surface area contributed by atoms with Gasteiger partial charge in [0.25, 0.3) is 0 Å². The molecule has 0 saturated heterocycles. The summed E-state index contributed by atoms with van der Waals surface area (Å²) in [6.45, 7) is 1.82. The van der Waals surface area contributed by atoms with Gasteiger partial charge in [0.2, 0.25) is 5.82 Å². The van der Waals surface area contributed by atoms with Gasteiger partial charge in [0.05, 0.1) is 11.1 Å². The van der Waals surface area contributed by atoms with Crippen LogP contribution in [0.3, 0.4) is 0 Å². The van der Waals surface area contributed by atoms with E-state index in [1.54, 1.807) is 0 Å². The zero-order valence-corrected chi connectivity index (χ0v) is 21.0. The lowest BCUT2D eigenvalue weighted by Crippen LogP contribution is -2.31. The van der Waals surface area contributed by atoms with E-state index in [1.807, 2.05) is 6.92 Å². The molecular formula is C27H23F6N5O2. The number of aromatic nitrogens is 4. The molecule has 0 unspecified atom stereocenters. The standard InChI is InChI=1S/C27H23F6N5O2/c1-14(16-4-2-5-16)34-21-20-22(36-23(35-21)25(39)40)37-24(17-6-3-7-19(12-17)27(31,32)33)38(20)13-15-8-10-18(11-9-15)26(28,29)30/h3,6-12,14,16H,2,4-5,13H2,1H3,(H,39,40)(H,34,35,36)/t14-/m1/s1. The van der Waals surface area contributed by atoms with Crippen LogP contribution >= 0.6 is 0 Å². The van der Waals surface area contributed by atoms with Gasteiger partial charge in [-0.1, -0.05) is 30.7 Å². The first-order chi connectivity index (χ1) is 18.8. The molecule has 7 nitrogen and oxygen atoms in total. The number of fused-ring (bicyclic) bond motifs is 1. The van der Waals surface area contributed by atoms with Crippen molar-refractivity contribution < 1.29 is 36.2 Å². The minimum atomic E-state index is -4.64. The molecule has 4 aromatic rings. The molecule has 1 saturated carbocycles. The molecule has 2 aromatic heterocycles. The Morgan fingerprint density at radius 3 is 2.25 bits per heavy atom. The second-order valence-corrected chi connectivity index (χ2v) is 9.79. The predicted molar refractivity (Wildman–Crippen MR) is 134 cm³/mol. The second kappa shape index (κ2) is 10.1. The van der Waals surface area contributed by atoms with Crippen molar-refractivity contribution in [2.24, 2.45) is 5.92 Å². The lowest BCUT2D eigenvalue weighted by molar-refractivity contribution is -0.138. The molecule has 2 aromatic carbocycles. The van der Waals surface area contributed by atoms with Crippen molar-refractivity contribution in [2.75, 3.05) is 5.32 Å². The number of imidazole rings is 1. The van der Waals surface area contributed by atoms with Gasteiger partial charge in [0, 0.05) is 18.2 Å². The van der Waals surface area contributed by atoms with Crippen LogP contribution in [0.1, 0.15) is 53.5 Å². The molecule has 13 heteroatoms. The summed E-state index contributed by atoms with van der Waals surface area (Å²) in [7, 11) is 0. The molecule has 2 N–H and O–H groups in total. The van der Waals surface area contributed by atoms with Gasteiger partial charge < -0.3 is 15.0 Å². The van der Waals surface area contributed by atoms with Crippen LogP contribution in [0, 0.1) is 5.92 Å². The molecule has 0 spiro atoms. The number of nitrogens with one attached hydrogen (secondary N) is 1. The highest BCUT2D eigenvalue weighted by atomic mass is 19.4. The lowest BCUT2D eigenvalue weighted by Gasteiger charge is -2.32. The van der Waals surface area contributed by atoms with Gasteiger partial charge >= 0.3 is 18.3 Å². The fourth-order valence-electron chi connectivity index (χ4n) is 4.70. The number of benzene rings is 2. The fourth-order valence-corrected chi connectivity index (χ4v) is 4.70. The van der Waals surface area contributed by atoms with Crippen molar-refractivity contribution in [3.8, 4) is 11.4 Å². The van der Waals surface area contributed by atoms with Gasteiger partial charge in [-0.3, -0.25) is 0 Å². The molecule has 0 amide bonds. The number of aromatic carboxylic acids is 1. The molecular weight excluding hydrogens is 540 g/mol. The van der Waals surface area contributed by atoms with E-state index in [9.17, 15) is 36.2 Å². The number of halogens is 6. The summed E-state index contributed by atoms with van der Waals surface area (Å²) >= 11 is 0. The molecule has 1 aliphatic carbocycles. The summed E-state index contributed by atoms with van der Waals surface area (Å²) in [6.07, 6.45) is -6.19. The summed E-state index contributed by atoms with van der Waals surface area (Å²) < 4.78 is 81.4. The highest BCUT2D eigenvalue weighted by Gasteiger charge is 2.32.